The summed E-state index contributed by atoms with van der Waals surface area (Å²) in [7, 11) is 2.78. The summed E-state index contributed by atoms with van der Waals surface area (Å²) >= 11 is 1.42. The maximum absolute atomic E-state index is 12.1. The molecule has 144 valence electrons. The van der Waals surface area contributed by atoms with Gasteiger partial charge < -0.3 is 18.7 Å². The summed E-state index contributed by atoms with van der Waals surface area (Å²) < 4.78 is 20.3. The molecule has 0 saturated carbocycles. The van der Waals surface area contributed by atoms with Crippen LogP contribution >= 0.6 is 11.8 Å². The SMILES string of the molecule is COC(=O)/C=C/c1ccc(OC(=O)CSCc2c(C)noc2C)c(OC)c1. The van der Waals surface area contributed by atoms with Crippen molar-refractivity contribution in [3.63, 3.8) is 0 Å². The smallest absolute Gasteiger partial charge is 0.330 e. The Bertz CT molecular complexity index is 823. The maximum atomic E-state index is 12.1. The van der Waals surface area contributed by atoms with Gasteiger partial charge in [0.25, 0.3) is 0 Å². The highest BCUT2D eigenvalue weighted by Crippen LogP contribution is 2.29. The van der Waals surface area contributed by atoms with Gasteiger partial charge in [0.05, 0.1) is 25.7 Å². The van der Waals surface area contributed by atoms with E-state index in [4.69, 9.17) is 14.0 Å². The van der Waals surface area contributed by atoms with Crippen LogP contribution in [0.5, 0.6) is 11.5 Å². The van der Waals surface area contributed by atoms with Gasteiger partial charge >= 0.3 is 11.9 Å². The minimum absolute atomic E-state index is 0.178. The highest BCUT2D eigenvalue weighted by Gasteiger charge is 2.13. The topological polar surface area (TPSA) is 87.9 Å². The molecule has 2 aromatic rings. The second-order valence-electron chi connectivity index (χ2n) is 5.54. The van der Waals surface area contributed by atoms with Crippen LogP contribution in [-0.4, -0.2) is 37.1 Å². The summed E-state index contributed by atoms with van der Waals surface area (Å²) in [5.74, 6) is 1.41. The molecule has 0 spiro atoms. The number of nitrogens with zero attached hydrogens (tertiary/aromatic N) is 1. The fraction of sp³-hybridized carbons (Fsp3) is 0.316. The Kier molecular flexibility index (Phi) is 7.48. The summed E-state index contributed by atoms with van der Waals surface area (Å²) in [5.41, 5.74) is 2.53. The first-order chi connectivity index (χ1) is 12.9. The number of ether oxygens (including phenoxy) is 3. The number of thioether (sulfide) groups is 1. The lowest BCUT2D eigenvalue weighted by atomic mass is 10.2. The van der Waals surface area contributed by atoms with Crippen molar-refractivity contribution in [2.75, 3.05) is 20.0 Å². The van der Waals surface area contributed by atoms with E-state index < -0.39 is 5.97 Å². The maximum Gasteiger partial charge on any atom is 0.330 e. The molecule has 0 aliphatic heterocycles. The van der Waals surface area contributed by atoms with Crippen molar-refractivity contribution < 1.29 is 28.3 Å². The van der Waals surface area contributed by atoms with E-state index in [0.717, 1.165) is 17.0 Å². The normalized spacial score (nSPS) is 10.8. The van der Waals surface area contributed by atoms with Crippen LogP contribution in [0.1, 0.15) is 22.6 Å². The molecule has 0 amide bonds. The zero-order valence-corrected chi connectivity index (χ0v) is 16.4. The number of benzene rings is 1. The van der Waals surface area contributed by atoms with E-state index in [1.165, 1.54) is 32.1 Å². The van der Waals surface area contributed by atoms with E-state index >= 15 is 0 Å². The fourth-order valence-corrected chi connectivity index (χ4v) is 3.14. The molecule has 0 unspecified atom stereocenters. The molecule has 0 aliphatic carbocycles. The van der Waals surface area contributed by atoms with Crippen LogP contribution in [0.2, 0.25) is 0 Å². The van der Waals surface area contributed by atoms with Gasteiger partial charge in [-0.3, -0.25) is 4.79 Å². The van der Waals surface area contributed by atoms with Gasteiger partial charge in [0, 0.05) is 17.4 Å². The lowest BCUT2D eigenvalue weighted by Gasteiger charge is -2.10. The standard InChI is InChI=1S/C19H21NO6S/c1-12-15(13(2)26-20-12)10-27-11-19(22)25-16-7-5-14(9-17(16)23-3)6-8-18(21)24-4/h5-9H,10-11H2,1-4H3/b8-6+. The van der Waals surface area contributed by atoms with E-state index in [-0.39, 0.29) is 11.7 Å². The Hall–Kier alpha value is -2.74. The van der Waals surface area contributed by atoms with Gasteiger partial charge in [-0.05, 0) is 37.6 Å². The lowest BCUT2D eigenvalue weighted by Crippen LogP contribution is -2.11. The molecule has 0 fully saturated rings. The summed E-state index contributed by atoms with van der Waals surface area (Å²) in [6.07, 6.45) is 2.88. The molecule has 0 bridgehead atoms. The minimum atomic E-state index is -0.459. The Morgan fingerprint density at radius 1 is 1.22 bits per heavy atom. The zero-order chi connectivity index (χ0) is 19.8. The molecule has 0 aliphatic rings. The summed E-state index contributed by atoms with van der Waals surface area (Å²) in [4.78, 5) is 23.3. The van der Waals surface area contributed by atoms with E-state index in [0.29, 0.717) is 22.8 Å². The molecular weight excluding hydrogens is 370 g/mol. The van der Waals surface area contributed by atoms with Crippen LogP contribution < -0.4 is 9.47 Å². The van der Waals surface area contributed by atoms with E-state index in [9.17, 15) is 9.59 Å². The molecule has 7 nitrogen and oxygen atoms in total. The van der Waals surface area contributed by atoms with Gasteiger partial charge in [-0.2, -0.15) is 0 Å². The molecule has 0 N–H and O–H groups in total. The third-order valence-corrected chi connectivity index (χ3v) is 4.60. The van der Waals surface area contributed by atoms with Crippen LogP contribution in [0.25, 0.3) is 6.08 Å². The monoisotopic (exact) mass is 391 g/mol. The number of aromatic nitrogens is 1. The van der Waals surface area contributed by atoms with Gasteiger partial charge in [0.15, 0.2) is 11.5 Å². The highest BCUT2D eigenvalue weighted by atomic mass is 32.2. The van der Waals surface area contributed by atoms with Gasteiger partial charge in [0.2, 0.25) is 0 Å². The molecule has 0 atom stereocenters. The van der Waals surface area contributed by atoms with Gasteiger partial charge in [-0.1, -0.05) is 11.2 Å². The third-order valence-electron chi connectivity index (χ3n) is 3.67. The minimum Gasteiger partial charge on any atom is -0.493 e. The Morgan fingerprint density at radius 2 is 2.00 bits per heavy atom. The molecule has 1 aromatic carbocycles. The molecule has 2 rings (SSSR count). The van der Waals surface area contributed by atoms with Crippen LogP contribution in [0.4, 0.5) is 0 Å². The summed E-state index contributed by atoms with van der Waals surface area (Å²) in [6, 6.07) is 4.99. The average Bonchev–Trinajstić information content (AvgIpc) is 2.98. The van der Waals surface area contributed by atoms with Crippen LogP contribution in [0.3, 0.4) is 0 Å². The number of methoxy groups -OCH3 is 2. The van der Waals surface area contributed by atoms with Crippen molar-refractivity contribution in [3.05, 3.63) is 46.9 Å². The largest absolute Gasteiger partial charge is 0.493 e. The quantitative estimate of drug-likeness (QED) is 0.385. The number of carbonyl (C=O) groups excluding carboxylic acids is 2. The molecule has 1 aromatic heterocycles. The number of aryl methyl sites for hydroxylation is 2. The number of hydrogen-bond acceptors (Lipinski definition) is 8. The van der Waals surface area contributed by atoms with Crippen molar-refractivity contribution in [2.24, 2.45) is 0 Å². The molecule has 8 heteroatoms. The predicted molar refractivity (Wildman–Crippen MR) is 102 cm³/mol. The molecule has 27 heavy (non-hydrogen) atoms. The van der Waals surface area contributed by atoms with Gasteiger partial charge in [-0.25, -0.2) is 4.79 Å². The predicted octanol–water partition coefficient (Wildman–Crippen LogP) is 3.33. The number of hydrogen-bond donors (Lipinski definition) is 0. The Morgan fingerprint density at radius 3 is 2.63 bits per heavy atom. The second-order valence-corrected chi connectivity index (χ2v) is 6.52. The van der Waals surface area contributed by atoms with Gasteiger partial charge in [0.1, 0.15) is 5.76 Å². The first-order valence-electron chi connectivity index (χ1n) is 8.08. The van der Waals surface area contributed by atoms with Crippen molar-refractivity contribution in [1.82, 2.24) is 5.16 Å². The number of esters is 2. The first-order valence-corrected chi connectivity index (χ1v) is 9.24. The molecular formula is C19H21NO6S. The van der Waals surface area contributed by atoms with Crippen molar-refractivity contribution in [3.8, 4) is 11.5 Å². The van der Waals surface area contributed by atoms with Crippen molar-refractivity contribution in [1.29, 1.82) is 0 Å². The van der Waals surface area contributed by atoms with Crippen LogP contribution in [0, 0.1) is 13.8 Å². The Balaban J connectivity index is 1.94. The highest BCUT2D eigenvalue weighted by molar-refractivity contribution is 7.99. The summed E-state index contributed by atoms with van der Waals surface area (Å²) in [6.45, 7) is 3.71. The van der Waals surface area contributed by atoms with E-state index in [1.54, 1.807) is 24.3 Å². The number of rotatable bonds is 8. The van der Waals surface area contributed by atoms with E-state index in [1.807, 2.05) is 13.8 Å². The molecule has 0 radical (unpaired) electrons. The van der Waals surface area contributed by atoms with Crippen molar-refractivity contribution in [2.45, 2.75) is 19.6 Å². The Labute approximate surface area is 161 Å². The van der Waals surface area contributed by atoms with Gasteiger partial charge in [-0.15, -0.1) is 11.8 Å². The molecule has 0 saturated heterocycles. The van der Waals surface area contributed by atoms with E-state index in [2.05, 4.69) is 9.89 Å². The van der Waals surface area contributed by atoms with Crippen LogP contribution in [0.15, 0.2) is 28.8 Å². The number of carbonyl (C=O) groups is 2. The second kappa shape index (κ2) is 9.82. The van der Waals surface area contributed by atoms with Crippen molar-refractivity contribution >= 4 is 29.8 Å². The zero-order valence-electron chi connectivity index (χ0n) is 15.6. The van der Waals surface area contributed by atoms with Crippen LogP contribution in [-0.2, 0) is 20.1 Å². The first kappa shape index (κ1) is 20.6. The fourth-order valence-electron chi connectivity index (χ4n) is 2.20. The summed E-state index contributed by atoms with van der Waals surface area (Å²) in [5, 5.41) is 3.89. The average molecular weight is 391 g/mol. The lowest BCUT2D eigenvalue weighted by molar-refractivity contribution is -0.135. The molecule has 1 heterocycles. The third kappa shape index (κ3) is 5.89.